The first kappa shape index (κ1) is 30.3. The number of fused-ring (bicyclic) bond motifs is 9. The first-order valence-electron chi connectivity index (χ1n) is 17.7. The van der Waals surface area contributed by atoms with Gasteiger partial charge in [0.2, 0.25) is 0 Å². The van der Waals surface area contributed by atoms with Crippen molar-refractivity contribution in [1.29, 1.82) is 0 Å². The zero-order valence-electron chi connectivity index (χ0n) is 28.0. The smallest absolute Gasteiger partial charge is 0.135 e. The average Bonchev–Trinajstić information content (AvgIpc) is 3.89. The van der Waals surface area contributed by atoms with E-state index in [0.29, 0.717) is 0 Å². The molecule has 0 aliphatic carbocycles. The minimum Gasteiger partial charge on any atom is -0.135 e. The highest BCUT2D eigenvalue weighted by Gasteiger charge is 2.42. The molecule has 0 saturated heterocycles. The van der Waals surface area contributed by atoms with Crippen LogP contribution in [-0.4, -0.2) is 8.07 Å². The topological polar surface area (TPSA) is 0 Å². The van der Waals surface area contributed by atoms with Gasteiger partial charge in [0, 0.05) is 60.5 Å². The van der Waals surface area contributed by atoms with E-state index in [1.807, 2.05) is 34.0 Å². The van der Waals surface area contributed by atoms with Crippen LogP contribution in [0.15, 0.2) is 182 Å². The predicted molar refractivity (Wildman–Crippen MR) is 234 cm³/mol. The lowest BCUT2D eigenvalue weighted by molar-refractivity contribution is 1.69. The normalized spacial score (nSPS) is 12.2. The summed E-state index contributed by atoms with van der Waals surface area (Å²) in [5, 5.41) is 13.7. The molecule has 0 spiro atoms. The van der Waals surface area contributed by atoms with Crippen molar-refractivity contribution in [2.75, 3.05) is 0 Å². The second-order valence-electron chi connectivity index (χ2n) is 13.6. The lowest BCUT2D eigenvalue weighted by Crippen LogP contribution is -2.74. The monoisotopic (exact) mass is 730 g/mol. The number of benzene rings is 8. The number of hydrogen-bond acceptors (Lipinski definition) is 3. The first-order valence-corrected chi connectivity index (χ1v) is 22.1. The Labute approximate surface area is 314 Å². The fraction of sp³-hybridized carbons (Fsp3) is 0. The van der Waals surface area contributed by atoms with Gasteiger partial charge in [0.15, 0.2) is 8.07 Å². The van der Waals surface area contributed by atoms with E-state index in [9.17, 15) is 0 Å². The maximum atomic E-state index is 2.55. The van der Waals surface area contributed by atoms with Gasteiger partial charge in [0.05, 0.1) is 0 Å². The van der Waals surface area contributed by atoms with Gasteiger partial charge in [-0.25, -0.2) is 0 Å². The van der Waals surface area contributed by atoms with Crippen LogP contribution < -0.4 is 20.7 Å². The summed E-state index contributed by atoms with van der Waals surface area (Å²) in [7, 11) is -2.77. The summed E-state index contributed by atoms with van der Waals surface area (Å²) >= 11 is 5.67. The minimum atomic E-state index is -2.77. The van der Waals surface area contributed by atoms with E-state index in [1.54, 1.807) is 0 Å². The molecule has 0 fully saturated rings. The molecule has 3 heterocycles. The molecule has 0 amide bonds. The second-order valence-corrected chi connectivity index (χ2v) is 20.7. The molecular weight excluding hydrogens is 701 g/mol. The van der Waals surface area contributed by atoms with E-state index < -0.39 is 8.07 Å². The largest absolute Gasteiger partial charge is 0.179 e. The molecule has 244 valence electrons. The molecule has 11 aromatic rings. The van der Waals surface area contributed by atoms with E-state index in [1.165, 1.54) is 92.4 Å². The van der Waals surface area contributed by atoms with Crippen LogP contribution in [-0.2, 0) is 0 Å². The van der Waals surface area contributed by atoms with Gasteiger partial charge >= 0.3 is 0 Å². The lowest BCUT2D eigenvalue weighted by atomic mass is 10.0. The van der Waals surface area contributed by atoms with Crippen molar-refractivity contribution >= 4 is 123 Å². The molecule has 11 rings (SSSR count). The molecule has 0 atom stereocenters. The van der Waals surface area contributed by atoms with Crippen LogP contribution in [0.4, 0.5) is 0 Å². The van der Waals surface area contributed by atoms with Crippen molar-refractivity contribution in [3.05, 3.63) is 182 Å². The zero-order chi connectivity index (χ0) is 34.2. The molecule has 0 aliphatic rings. The van der Waals surface area contributed by atoms with Crippen LogP contribution in [0.25, 0.3) is 71.6 Å². The van der Waals surface area contributed by atoms with Gasteiger partial charge in [-0.1, -0.05) is 133 Å². The van der Waals surface area contributed by atoms with Crippen LogP contribution in [0.5, 0.6) is 0 Å². The molecule has 0 radical (unpaired) electrons. The zero-order valence-corrected chi connectivity index (χ0v) is 31.5. The molecule has 3 aromatic heterocycles. The Morgan fingerprint density at radius 1 is 0.250 bits per heavy atom. The van der Waals surface area contributed by atoms with E-state index in [4.69, 9.17) is 0 Å². The number of thiophene rings is 3. The quantitative estimate of drug-likeness (QED) is 0.122. The second kappa shape index (κ2) is 11.8. The summed E-state index contributed by atoms with van der Waals surface area (Å²) in [6.45, 7) is 0. The lowest BCUT2D eigenvalue weighted by Gasteiger charge is -2.34. The Balaban J connectivity index is 1.17. The maximum Gasteiger partial charge on any atom is 0.179 e. The molecule has 4 heteroatoms. The van der Waals surface area contributed by atoms with Crippen molar-refractivity contribution in [1.82, 2.24) is 0 Å². The highest BCUT2D eigenvalue weighted by Crippen LogP contribution is 2.40. The molecule has 0 unspecified atom stereocenters. The maximum absolute atomic E-state index is 2.77. The Kier molecular flexibility index (Phi) is 6.89. The third-order valence-electron chi connectivity index (χ3n) is 10.8. The van der Waals surface area contributed by atoms with Gasteiger partial charge in [-0.3, -0.25) is 0 Å². The minimum absolute atomic E-state index is 1.26. The van der Waals surface area contributed by atoms with E-state index in [-0.39, 0.29) is 0 Å². The Hall–Kier alpha value is -5.36. The Morgan fingerprint density at radius 3 is 1.08 bits per heavy atom. The van der Waals surface area contributed by atoms with E-state index >= 15 is 0 Å². The van der Waals surface area contributed by atoms with Gasteiger partial charge in [0.1, 0.15) is 0 Å². The third kappa shape index (κ3) is 4.55. The van der Waals surface area contributed by atoms with E-state index in [0.717, 1.165) is 0 Å². The average molecular weight is 731 g/mol. The van der Waals surface area contributed by atoms with Crippen LogP contribution in [0, 0.1) is 0 Å². The van der Waals surface area contributed by atoms with Crippen molar-refractivity contribution in [2.45, 2.75) is 0 Å². The predicted octanol–water partition coefficient (Wildman–Crippen LogP) is 11.8. The van der Waals surface area contributed by atoms with Gasteiger partial charge in [-0.05, 0) is 80.4 Å². The van der Waals surface area contributed by atoms with Crippen LogP contribution >= 0.6 is 34.0 Å². The third-order valence-corrected chi connectivity index (χ3v) is 19.0. The highest BCUT2D eigenvalue weighted by molar-refractivity contribution is 7.27. The van der Waals surface area contributed by atoms with Crippen molar-refractivity contribution < 1.29 is 0 Å². The molecule has 0 N–H and O–H groups in total. The van der Waals surface area contributed by atoms with Crippen LogP contribution in [0.1, 0.15) is 0 Å². The standard InChI is InChI=1S/C48H30S3Si/c1-3-11-33(12-4-1)52(34-13-5-2-6-14-34,35-21-25-47-41(29-35)38-16-8-10-18-44(38)50-47)36-22-26-48-42(30-36)40-28-32(20-24-46(40)51-48)31-19-23-45-39(27-31)37-15-7-9-17-43(37)49-45/h1-30H. The van der Waals surface area contributed by atoms with Crippen molar-refractivity contribution in [2.24, 2.45) is 0 Å². The van der Waals surface area contributed by atoms with Gasteiger partial charge in [-0.2, -0.15) is 0 Å². The highest BCUT2D eigenvalue weighted by atomic mass is 32.1. The Bertz CT molecular complexity index is 3090. The number of rotatable bonds is 5. The summed E-state index contributed by atoms with van der Waals surface area (Å²) < 4.78 is 8.03. The van der Waals surface area contributed by atoms with Gasteiger partial charge < -0.3 is 0 Å². The molecule has 0 saturated carbocycles. The molecule has 0 bridgehead atoms. The van der Waals surface area contributed by atoms with Gasteiger partial charge in [0.25, 0.3) is 0 Å². The van der Waals surface area contributed by atoms with Gasteiger partial charge in [-0.15, -0.1) is 34.0 Å². The first-order chi connectivity index (χ1) is 25.7. The van der Waals surface area contributed by atoms with Crippen LogP contribution in [0.3, 0.4) is 0 Å². The summed E-state index contributed by atoms with van der Waals surface area (Å²) in [5.74, 6) is 0. The number of hydrogen-bond donors (Lipinski definition) is 0. The fourth-order valence-electron chi connectivity index (χ4n) is 8.43. The molecule has 0 nitrogen and oxygen atoms in total. The summed E-state index contributed by atoms with van der Waals surface area (Å²) in [5.41, 5.74) is 2.53. The Morgan fingerprint density at radius 2 is 0.596 bits per heavy atom. The summed E-state index contributed by atoms with van der Waals surface area (Å²) in [6, 6.07) is 69.1. The fourth-order valence-corrected chi connectivity index (χ4v) is 16.4. The van der Waals surface area contributed by atoms with Crippen molar-refractivity contribution in [3.8, 4) is 11.1 Å². The summed E-state index contributed by atoms with van der Waals surface area (Å²) in [4.78, 5) is 0. The van der Waals surface area contributed by atoms with E-state index in [2.05, 4.69) is 182 Å². The van der Waals surface area contributed by atoms with Crippen molar-refractivity contribution in [3.63, 3.8) is 0 Å². The SMILES string of the molecule is c1ccc([Si](c2ccccc2)(c2ccc3sc4ccccc4c3c2)c2ccc3sc4ccc(-c5ccc6sc7ccccc7c6c5)cc4c3c2)cc1. The molecule has 8 aromatic carbocycles. The summed E-state index contributed by atoms with van der Waals surface area (Å²) in [6.07, 6.45) is 0. The molecular formula is C48H30S3Si. The molecule has 0 aliphatic heterocycles. The van der Waals surface area contributed by atoms with Crippen LogP contribution in [0.2, 0.25) is 0 Å². The molecule has 52 heavy (non-hydrogen) atoms.